The minimum absolute atomic E-state index is 0.0128. The number of amides is 1. The van der Waals surface area contributed by atoms with Gasteiger partial charge in [0.15, 0.2) is 0 Å². The molecule has 1 aliphatic heterocycles. The smallest absolute Gasteiger partial charge is 0.238 e. The predicted octanol–water partition coefficient (Wildman–Crippen LogP) is 0.0507. The second-order valence-corrected chi connectivity index (χ2v) is 4.56. The topological polar surface area (TPSA) is 44.4 Å². The van der Waals surface area contributed by atoms with E-state index < -0.39 is 0 Å². The van der Waals surface area contributed by atoms with Crippen molar-refractivity contribution in [1.82, 2.24) is 15.5 Å². The fourth-order valence-electron chi connectivity index (χ4n) is 2.00. The van der Waals surface area contributed by atoms with E-state index in [0.717, 1.165) is 19.6 Å². The minimum atomic E-state index is -0.0128. The Morgan fingerprint density at radius 3 is 2.67 bits per heavy atom. The van der Waals surface area contributed by atoms with Crippen molar-refractivity contribution >= 4 is 5.91 Å². The molecule has 1 saturated heterocycles. The standard InChI is InChI=1S/C11H23N3O/c1-8(2)9(3)14-6-5-13-7-10(14)11(15)12-4/h8-10,13H,5-7H2,1-4H3,(H,12,15). The maximum absolute atomic E-state index is 11.7. The molecule has 0 bridgehead atoms. The van der Waals surface area contributed by atoms with E-state index in [0.29, 0.717) is 12.0 Å². The Balaban J connectivity index is 2.69. The lowest BCUT2D eigenvalue weighted by Crippen LogP contribution is -2.60. The highest BCUT2D eigenvalue weighted by atomic mass is 16.2. The molecule has 2 unspecified atom stereocenters. The van der Waals surface area contributed by atoms with Crippen LogP contribution >= 0.6 is 0 Å². The van der Waals surface area contributed by atoms with Crippen molar-refractivity contribution in [1.29, 1.82) is 0 Å². The predicted molar refractivity (Wildman–Crippen MR) is 61.7 cm³/mol. The van der Waals surface area contributed by atoms with E-state index in [1.54, 1.807) is 7.05 Å². The van der Waals surface area contributed by atoms with Gasteiger partial charge in [-0.25, -0.2) is 0 Å². The first-order chi connectivity index (χ1) is 7.07. The van der Waals surface area contributed by atoms with Crippen molar-refractivity contribution in [2.45, 2.75) is 32.9 Å². The van der Waals surface area contributed by atoms with Gasteiger partial charge in [0, 0.05) is 32.7 Å². The van der Waals surface area contributed by atoms with Gasteiger partial charge in [0.25, 0.3) is 0 Å². The normalized spacial score (nSPS) is 25.3. The molecule has 0 aromatic carbocycles. The molecule has 4 nitrogen and oxygen atoms in total. The first-order valence-corrected chi connectivity index (χ1v) is 5.76. The molecule has 15 heavy (non-hydrogen) atoms. The molecule has 1 fully saturated rings. The molecule has 1 aliphatic rings. The number of rotatable bonds is 3. The third-order valence-electron chi connectivity index (χ3n) is 3.32. The summed E-state index contributed by atoms with van der Waals surface area (Å²) in [6, 6.07) is 0.440. The molecule has 0 radical (unpaired) electrons. The first kappa shape index (κ1) is 12.5. The first-order valence-electron chi connectivity index (χ1n) is 5.76. The van der Waals surface area contributed by atoms with Gasteiger partial charge in [-0.2, -0.15) is 0 Å². The monoisotopic (exact) mass is 213 g/mol. The van der Waals surface area contributed by atoms with E-state index in [1.807, 2.05) is 0 Å². The highest BCUT2D eigenvalue weighted by Crippen LogP contribution is 2.15. The van der Waals surface area contributed by atoms with Crippen LogP contribution in [0.2, 0.25) is 0 Å². The van der Waals surface area contributed by atoms with Gasteiger partial charge >= 0.3 is 0 Å². The van der Waals surface area contributed by atoms with Crippen molar-refractivity contribution in [3.05, 3.63) is 0 Å². The van der Waals surface area contributed by atoms with Crippen molar-refractivity contribution in [3.8, 4) is 0 Å². The summed E-state index contributed by atoms with van der Waals surface area (Å²) in [5, 5.41) is 6.01. The Hall–Kier alpha value is -0.610. The lowest BCUT2D eigenvalue weighted by Gasteiger charge is -2.40. The van der Waals surface area contributed by atoms with Gasteiger partial charge < -0.3 is 10.6 Å². The van der Waals surface area contributed by atoms with Crippen LogP contribution in [0.3, 0.4) is 0 Å². The summed E-state index contributed by atoms with van der Waals surface area (Å²) in [7, 11) is 1.70. The van der Waals surface area contributed by atoms with Crippen LogP contribution in [0.25, 0.3) is 0 Å². The molecule has 1 amide bonds. The number of nitrogens with zero attached hydrogens (tertiary/aromatic N) is 1. The quantitative estimate of drug-likeness (QED) is 0.696. The second kappa shape index (κ2) is 5.47. The molecule has 0 aliphatic carbocycles. The van der Waals surface area contributed by atoms with Crippen molar-refractivity contribution in [2.75, 3.05) is 26.7 Å². The molecular formula is C11H23N3O. The second-order valence-electron chi connectivity index (χ2n) is 4.56. The molecular weight excluding hydrogens is 190 g/mol. The van der Waals surface area contributed by atoms with Crippen LogP contribution in [0, 0.1) is 5.92 Å². The summed E-state index contributed by atoms with van der Waals surface area (Å²) in [5.74, 6) is 0.699. The van der Waals surface area contributed by atoms with Crippen molar-refractivity contribution in [3.63, 3.8) is 0 Å². The highest BCUT2D eigenvalue weighted by Gasteiger charge is 2.31. The van der Waals surface area contributed by atoms with E-state index in [4.69, 9.17) is 0 Å². The summed E-state index contributed by atoms with van der Waals surface area (Å²) in [5.41, 5.74) is 0. The van der Waals surface area contributed by atoms with Crippen LogP contribution in [0.1, 0.15) is 20.8 Å². The van der Waals surface area contributed by atoms with Gasteiger partial charge in [-0.15, -0.1) is 0 Å². The molecule has 0 spiro atoms. The van der Waals surface area contributed by atoms with E-state index in [2.05, 4.69) is 36.3 Å². The van der Waals surface area contributed by atoms with Gasteiger partial charge in [-0.1, -0.05) is 13.8 Å². The number of likely N-dealkylation sites (N-methyl/N-ethyl adjacent to an activating group) is 1. The van der Waals surface area contributed by atoms with E-state index in [1.165, 1.54) is 0 Å². The number of hydrogen-bond acceptors (Lipinski definition) is 3. The van der Waals surface area contributed by atoms with E-state index >= 15 is 0 Å². The van der Waals surface area contributed by atoms with Crippen molar-refractivity contribution < 1.29 is 4.79 Å². The lowest BCUT2D eigenvalue weighted by molar-refractivity contribution is -0.127. The SMILES string of the molecule is CNC(=O)C1CNCCN1C(C)C(C)C. The van der Waals surface area contributed by atoms with Crippen LogP contribution in [-0.2, 0) is 4.79 Å². The number of piperazine rings is 1. The number of carbonyl (C=O) groups excluding carboxylic acids is 1. The van der Waals surface area contributed by atoms with E-state index in [9.17, 15) is 4.79 Å². The average molecular weight is 213 g/mol. The summed E-state index contributed by atoms with van der Waals surface area (Å²) in [4.78, 5) is 14.0. The number of nitrogens with one attached hydrogen (secondary N) is 2. The third-order valence-corrected chi connectivity index (χ3v) is 3.32. The van der Waals surface area contributed by atoms with Gasteiger partial charge in [0.2, 0.25) is 5.91 Å². The maximum atomic E-state index is 11.7. The van der Waals surface area contributed by atoms with Gasteiger partial charge in [-0.05, 0) is 12.8 Å². The Kier molecular flexibility index (Phi) is 4.54. The largest absolute Gasteiger partial charge is 0.358 e. The van der Waals surface area contributed by atoms with Crippen LogP contribution in [0.5, 0.6) is 0 Å². The van der Waals surface area contributed by atoms with E-state index in [-0.39, 0.29) is 11.9 Å². The zero-order valence-electron chi connectivity index (χ0n) is 10.2. The van der Waals surface area contributed by atoms with Gasteiger partial charge in [-0.3, -0.25) is 9.69 Å². The molecule has 0 aromatic rings. The number of carbonyl (C=O) groups is 1. The van der Waals surface area contributed by atoms with Gasteiger partial charge in [0.1, 0.15) is 6.04 Å². The Morgan fingerprint density at radius 1 is 1.47 bits per heavy atom. The fraction of sp³-hybridized carbons (Fsp3) is 0.909. The van der Waals surface area contributed by atoms with Crippen LogP contribution in [-0.4, -0.2) is 49.6 Å². The molecule has 1 heterocycles. The molecule has 1 rings (SSSR count). The Labute approximate surface area is 92.4 Å². The summed E-state index contributed by atoms with van der Waals surface area (Å²) < 4.78 is 0. The average Bonchev–Trinajstić information content (AvgIpc) is 2.27. The highest BCUT2D eigenvalue weighted by molar-refractivity contribution is 5.81. The molecule has 88 valence electrons. The number of hydrogen-bond donors (Lipinski definition) is 2. The lowest BCUT2D eigenvalue weighted by atomic mass is 10.0. The zero-order chi connectivity index (χ0) is 11.4. The Bertz CT molecular complexity index is 218. The maximum Gasteiger partial charge on any atom is 0.238 e. The fourth-order valence-corrected chi connectivity index (χ4v) is 2.00. The summed E-state index contributed by atoms with van der Waals surface area (Å²) in [6.45, 7) is 9.30. The molecule has 0 aromatic heterocycles. The van der Waals surface area contributed by atoms with Gasteiger partial charge in [0.05, 0.1) is 0 Å². The molecule has 0 saturated carbocycles. The van der Waals surface area contributed by atoms with Crippen LogP contribution < -0.4 is 10.6 Å². The summed E-state index contributed by atoms with van der Waals surface area (Å²) in [6.07, 6.45) is 0. The van der Waals surface area contributed by atoms with Crippen LogP contribution in [0.15, 0.2) is 0 Å². The Morgan fingerprint density at radius 2 is 2.13 bits per heavy atom. The molecule has 2 N–H and O–H groups in total. The third kappa shape index (κ3) is 2.92. The van der Waals surface area contributed by atoms with Crippen LogP contribution in [0.4, 0.5) is 0 Å². The minimum Gasteiger partial charge on any atom is -0.358 e. The molecule has 4 heteroatoms. The van der Waals surface area contributed by atoms with Crippen molar-refractivity contribution in [2.24, 2.45) is 5.92 Å². The summed E-state index contributed by atoms with van der Waals surface area (Å²) >= 11 is 0. The zero-order valence-corrected chi connectivity index (χ0v) is 10.2. The molecule has 2 atom stereocenters.